The van der Waals surface area contributed by atoms with Crippen LogP contribution in [0.3, 0.4) is 0 Å². The van der Waals surface area contributed by atoms with Crippen LogP contribution >= 0.6 is 0 Å². The van der Waals surface area contributed by atoms with Crippen LogP contribution in [0.2, 0.25) is 0 Å². The number of hydrogen-bond acceptors (Lipinski definition) is 3. The first kappa shape index (κ1) is 31.6. The molecule has 12 aromatic rings. The fourth-order valence-electron chi connectivity index (χ4n) is 8.72. The summed E-state index contributed by atoms with van der Waals surface area (Å²) >= 11 is 0. The summed E-state index contributed by atoms with van der Waals surface area (Å²) in [5.41, 5.74) is 14.3. The van der Waals surface area contributed by atoms with Gasteiger partial charge in [0.05, 0.1) is 22.1 Å². The van der Waals surface area contributed by atoms with E-state index in [2.05, 4.69) is 167 Å². The second-order valence-corrected chi connectivity index (χ2v) is 14.6. The molecule has 5 heteroatoms. The van der Waals surface area contributed by atoms with Gasteiger partial charge in [0, 0.05) is 38.2 Å². The summed E-state index contributed by atoms with van der Waals surface area (Å²) in [4.78, 5) is 10.6. The molecule has 0 aliphatic heterocycles. The van der Waals surface area contributed by atoms with Gasteiger partial charge in [0.2, 0.25) is 5.95 Å². The van der Waals surface area contributed by atoms with E-state index in [1.165, 1.54) is 32.9 Å². The van der Waals surface area contributed by atoms with Crippen LogP contribution in [0.1, 0.15) is 0 Å². The van der Waals surface area contributed by atoms with Crippen molar-refractivity contribution >= 4 is 65.7 Å². The fraction of sp³-hybridized carbons (Fsp3) is 0. The van der Waals surface area contributed by atoms with Gasteiger partial charge in [-0.15, -0.1) is 0 Å². The number of para-hydroxylation sites is 3. The van der Waals surface area contributed by atoms with Crippen molar-refractivity contribution in [1.82, 2.24) is 19.1 Å². The zero-order valence-electron chi connectivity index (χ0n) is 30.7. The van der Waals surface area contributed by atoms with E-state index in [9.17, 15) is 0 Å². The number of furan rings is 1. The van der Waals surface area contributed by atoms with Gasteiger partial charge in [-0.3, -0.25) is 4.57 Å². The number of aromatic nitrogens is 4. The number of benzene rings is 8. The molecule has 266 valence electrons. The average molecular weight is 729 g/mol. The highest BCUT2D eigenvalue weighted by molar-refractivity contribution is 6.13. The van der Waals surface area contributed by atoms with Gasteiger partial charge in [-0.2, -0.15) is 0 Å². The average Bonchev–Trinajstić information content (AvgIpc) is 3.94. The summed E-state index contributed by atoms with van der Waals surface area (Å²) in [5.74, 6) is 0.604. The van der Waals surface area contributed by atoms with E-state index >= 15 is 0 Å². The second kappa shape index (κ2) is 12.4. The molecule has 0 spiro atoms. The predicted molar refractivity (Wildman–Crippen MR) is 234 cm³/mol. The number of hydrogen-bond donors (Lipinski definition) is 0. The molecule has 0 radical (unpaired) electrons. The topological polar surface area (TPSA) is 48.8 Å². The Bertz CT molecular complexity index is 3520. The lowest BCUT2D eigenvalue weighted by atomic mass is 10.0. The Morgan fingerprint density at radius 1 is 0.351 bits per heavy atom. The van der Waals surface area contributed by atoms with Crippen LogP contribution in [0, 0.1) is 0 Å². The minimum atomic E-state index is 0.604. The third kappa shape index (κ3) is 4.89. The molecular formula is C52H32N4O. The smallest absolute Gasteiger partial charge is 0.236 e. The first-order chi connectivity index (χ1) is 28.3. The number of fused-ring (bicyclic) bond motifs is 9. The molecule has 8 aromatic carbocycles. The van der Waals surface area contributed by atoms with Crippen molar-refractivity contribution in [3.63, 3.8) is 0 Å². The summed E-state index contributed by atoms with van der Waals surface area (Å²) in [6, 6.07) is 68.6. The third-order valence-electron chi connectivity index (χ3n) is 11.3. The maximum absolute atomic E-state index is 6.45. The third-order valence-corrected chi connectivity index (χ3v) is 11.3. The quantitative estimate of drug-likeness (QED) is 0.177. The minimum Gasteiger partial charge on any atom is -0.452 e. The van der Waals surface area contributed by atoms with Gasteiger partial charge in [-0.1, -0.05) is 140 Å². The minimum absolute atomic E-state index is 0.604. The van der Waals surface area contributed by atoms with Gasteiger partial charge < -0.3 is 8.98 Å². The molecule has 12 rings (SSSR count). The first-order valence-electron chi connectivity index (χ1n) is 19.2. The predicted octanol–water partition coefficient (Wildman–Crippen LogP) is 13.6. The lowest BCUT2D eigenvalue weighted by Crippen LogP contribution is -2.03. The standard InChI is InChI=1S/C52H32N4O/c1-3-14-33(15-4-1)35-18-13-19-38(30-35)55-44-23-10-8-21-40(44)43-31-36(27-29-46(43)55)37-26-28-41-39-20-7-11-24-45(39)56(47(41)32-37)52-53-49(34-16-5-2-6-17-34)51-50(54-52)42-22-9-12-25-48(42)57-51/h1-32H. The highest BCUT2D eigenvalue weighted by Gasteiger charge is 2.22. The van der Waals surface area contributed by atoms with Crippen molar-refractivity contribution in [2.45, 2.75) is 0 Å². The van der Waals surface area contributed by atoms with Crippen LogP contribution in [0.25, 0.3) is 111 Å². The highest BCUT2D eigenvalue weighted by atomic mass is 16.3. The Morgan fingerprint density at radius 3 is 1.74 bits per heavy atom. The maximum Gasteiger partial charge on any atom is 0.236 e. The molecule has 0 saturated carbocycles. The molecule has 0 aliphatic rings. The van der Waals surface area contributed by atoms with E-state index in [1.807, 2.05) is 36.4 Å². The van der Waals surface area contributed by atoms with Crippen LogP contribution in [-0.4, -0.2) is 19.1 Å². The molecule has 4 heterocycles. The molecule has 4 aromatic heterocycles. The molecular weight excluding hydrogens is 697 g/mol. The summed E-state index contributed by atoms with van der Waals surface area (Å²) < 4.78 is 11.1. The SMILES string of the molecule is c1ccc(-c2cccc(-n3c4ccccc4c4cc(-c5ccc6c7ccccc7n(-c7nc(-c8ccccc8)c8oc9ccccc9c8n7)c6c5)ccc43)c2)cc1. The summed E-state index contributed by atoms with van der Waals surface area (Å²) in [7, 11) is 0. The molecule has 0 bridgehead atoms. The molecule has 0 N–H and O–H groups in total. The number of rotatable bonds is 5. The van der Waals surface area contributed by atoms with Crippen molar-refractivity contribution in [1.29, 1.82) is 0 Å². The molecule has 0 unspecified atom stereocenters. The molecule has 0 saturated heterocycles. The zero-order chi connectivity index (χ0) is 37.5. The Labute approximate surface area is 327 Å². The Morgan fingerprint density at radius 2 is 0.930 bits per heavy atom. The summed E-state index contributed by atoms with van der Waals surface area (Å²) in [5, 5.41) is 5.69. The van der Waals surface area contributed by atoms with E-state index in [1.54, 1.807) is 0 Å². The molecule has 57 heavy (non-hydrogen) atoms. The monoisotopic (exact) mass is 728 g/mol. The second-order valence-electron chi connectivity index (χ2n) is 14.6. The van der Waals surface area contributed by atoms with Gasteiger partial charge in [0.1, 0.15) is 16.8 Å². The molecule has 0 aliphatic carbocycles. The first-order valence-corrected chi connectivity index (χ1v) is 19.2. The van der Waals surface area contributed by atoms with Crippen molar-refractivity contribution < 1.29 is 4.42 Å². The largest absolute Gasteiger partial charge is 0.452 e. The Kier molecular flexibility index (Phi) is 6.86. The maximum atomic E-state index is 6.45. The lowest BCUT2D eigenvalue weighted by molar-refractivity contribution is 0.666. The molecule has 5 nitrogen and oxygen atoms in total. The zero-order valence-corrected chi connectivity index (χ0v) is 30.7. The van der Waals surface area contributed by atoms with Crippen LogP contribution in [0.5, 0.6) is 0 Å². The van der Waals surface area contributed by atoms with E-state index in [-0.39, 0.29) is 0 Å². The van der Waals surface area contributed by atoms with Crippen LogP contribution < -0.4 is 0 Å². The van der Waals surface area contributed by atoms with Gasteiger partial charge in [-0.25, -0.2) is 9.97 Å². The van der Waals surface area contributed by atoms with E-state index < -0.39 is 0 Å². The van der Waals surface area contributed by atoms with Crippen LogP contribution in [0.4, 0.5) is 0 Å². The normalized spacial score (nSPS) is 11.9. The lowest BCUT2D eigenvalue weighted by Gasteiger charge is -2.11. The van der Waals surface area contributed by atoms with Gasteiger partial charge >= 0.3 is 0 Å². The molecule has 0 fully saturated rings. The summed E-state index contributed by atoms with van der Waals surface area (Å²) in [6.07, 6.45) is 0. The van der Waals surface area contributed by atoms with Gasteiger partial charge in [-0.05, 0) is 76.9 Å². The van der Waals surface area contributed by atoms with Gasteiger partial charge in [0.15, 0.2) is 5.58 Å². The van der Waals surface area contributed by atoms with Crippen molar-refractivity contribution in [3.8, 4) is 45.1 Å². The van der Waals surface area contributed by atoms with Crippen molar-refractivity contribution in [3.05, 3.63) is 194 Å². The van der Waals surface area contributed by atoms with E-state index in [0.717, 1.165) is 66.4 Å². The highest BCUT2D eigenvalue weighted by Crippen LogP contribution is 2.40. The summed E-state index contributed by atoms with van der Waals surface area (Å²) in [6.45, 7) is 0. The van der Waals surface area contributed by atoms with Crippen molar-refractivity contribution in [2.75, 3.05) is 0 Å². The van der Waals surface area contributed by atoms with Crippen LogP contribution in [0.15, 0.2) is 199 Å². The number of nitrogens with zero attached hydrogens (tertiary/aromatic N) is 4. The van der Waals surface area contributed by atoms with E-state index in [0.29, 0.717) is 11.5 Å². The Balaban J connectivity index is 1.07. The fourth-order valence-corrected chi connectivity index (χ4v) is 8.72. The van der Waals surface area contributed by atoms with Crippen molar-refractivity contribution in [2.24, 2.45) is 0 Å². The van der Waals surface area contributed by atoms with E-state index in [4.69, 9.17) is 14.4 Å². The molecule has 0 atom stereocenters. The molecule has 0 amide bonds. The van der Waals surface area contributed by atoms with Gasteiger partial charge in [0.25, 0.3) is 0 Å². The Hall–Kier alpha value is -7.76. The van der Waals surface area contributed by atoms with Crippen LogP contribution in [-0.2, 0) is 0 Å².